The summed E-state index contributed by atoms with van der Waals surface area (Å²) in [5, 5.41) is 13.0. The molecule has 4 heteroatoms. The molecule has 2 rings (SSSR count). The molecule has 19 heavy (non-hydrogen) atoms. The molecule has 1 aliphatic heterocycles. The van der Waals surface area contributed by atoms with Crippen molar-refractivity contribution >= 4 is 5.91 Å². The Hall–Kier alpha value is -1.55. The zero-order valence-corrected chi connectivity index (χ0v) is 11.6. The molecule has 1 aromatic carbocycles. The van der Waals surface area contributed by atoms with Gasteiger partial charge in [-0.1, -0.05) is 25.1 Å². The van der Waals surface area contributed by atoms with Gasteiger partial charge in [-0.25, -0.2) is 0 Å². The van der Waals surface area contributed by atoms with Gasteiger partial charge < -0.3 is 15.3 Å². The van der Waals surface area contributed by atoms with Gasteiger partial charge in [0.25, 0.3) is 0 Å². The molecule has 1 aliphatic rings. The summed E-state index contributed by atoms with van der Waals surface area (Å²) < 4.78 is 0. The number of phenols is 1. The number of piperidine rings is 1. The molecule has 0 bridgehead atoms. The molecule has 1 amide bonds. The summed E-state index contributed by atoms with van der Waals surface area (Å²) in [7, 11) is 1.81. The second-order valence-corrected chi connectivity index (χ2v) is 5.60. The largest absolute Gasteiger partial charge is 0.508 e. The topological polar surface area (TPSA) is 52.6 Å². The maximum atomic E-state index is 12.6. The highest BCUT2D eigenvalue weighted by Gasteiger charge is 2.36. The van der Waals surface area contributed by atoms with Crippen LogP contribution in [0.15, 0.2) is 24.3 Å². The van der Waals surface area contributed by atoms with Crippen LogP contribution in [0.25, 0.3) is 0 Å². The number of aromatic hydroxyl groups is 1. The fourth-order valence-electron chi connectivity index (χ4n) is 2.63. The zero-order valence-electron chi connectivity index (χ0n) is 11.6. The first-order valence-electron chi connectivity index (χ1n) is 6.76. The molecule has 0 spiro atoms. The molecule has 0 unspecified atom stereocenters. The van der Waals surface area contributed by atoms with Crippen LogP contribution in [0.1, 0.15) is 25.3 Å². The van der Waals surface area contributed by atoms with Crippen molar-refractivity contribution in [2.45, 2.75) is 26.3 Å². The third kappa shape index (κ3) is 3.07. The molecule has 0 saturated carbocycles. The van der Waals surface area contributed by atoms with Crippen molar-refractivity contribution in [1.82, 2.24) is 10.2 Å². The van der Waals surface area contributed by atoms with Gasteiger partial charge in [0.05, 0.1) is 0 Å². The van der Waals surface area contributed by atoms with Crippen molar-refractivity contribution in [3.63, 3.8) is 0 Å². The van der Waals surface area contributed by atoms with Crippen molar-refractivity contribution in [2.75, 3.05) is 20.1 Å². The Morgan fingerprint density at radius 3 is 2.63 bits per heavy atom. The van der Waals surface area contributed by atoms with Crippen molar-refractivity contribution < 1.29 is 9.90 Å². The number of hydrogen-bond acceptors (Lipinski definition) is 3. The van der Waals surface area contributed by atoms with Gasteiger partial charge in [-0.3, -0.25) is 4.79 Å². The van der Waals surface area contributed by atoms with Gasteiger partial charge in [-0.2, -0.15) is 0 Å². The number of carbonyl (C=O) groups is 1. The fraction of sp³-hybridized carbons (Fsp3) is 0.533. The number of hydrogen-bond donors (Lipinski definition) is 2. The smallest absolute Gasteiger partial charge is 0.228 e. The molecule has 2 N–H and O–H groups in total. The second-order valence-electron chi connectivity index (χ2n) is 5.60. The van der Waals surface area contributed by atoms with E-state index in [-0.39, 0.29) is 17.1 Å². The van der Waals surface area contributed by atoms with E-state index in [9.17, 15) is 9.90 Å². The normalized spacial score (nSPS) is 18.0. The molecule has 104 valence electrons. The van der Waals surface area contributed by atoms with Gasteiger partial charge in [0, 0.05) is 24.6 Å². The Morgan fingerprint density at radius 2 is 2.00 bits per heavy atom. The highest BCUT2D eigenvalue weighted by Crippen LogP contribution is 2.31. The fourth-order valence-corrected chi connectivity index (χ4v) is 2.63. The van der Waals surface area contributed by atoms with Gasteiger partial charge in [-0.15, -0.1) is 0 Å². The predicted molar refractivity (Wildman–Crippen MR) is 74.8 cm³/mol. The van der Waals surface area contributed by atoms with Crippen LogP contribution in [0.3, 0.4) is 0 Å². The summed E-state index contributed by atoms with van der Waals surface area (Å²) in [6.45, 7) is 4.28. The summed E-state index contributed by atoms with van der Waals surface area (Å²) >= 11 is 0. The number of carbonyl (C=O) groups excluding carboxylic acids is 1. The van der Waals surface area contributed by atoms with E-state index in [0.717, 1.165) is 31.5 Å². The average Bonchev–Trinajstić information content (AvgIpc) is 2.41. The molecule has 1 aromatic rings. The summed E-state index contributed by atoms with van der Waals surface area (Å²) in [4.78, 5) is 14.3. The molecule has 1 fully saturated rings. The van der Waals surface area contributed by atoms with Crippen LogP contribution in [0.2, 0.25) is 0 Å². The van der Waals surface area contributed by atoms with Crippen LogP contribution in [-0.4, -0.2) is 36.1 Å². The minimum absolute atomic E-state index is 0.164. The Balaban J connectivity index is 2.05. The predicted octanol–water partition coefficient (Wildman–Crippen LogP) is 1.74. The minimum atomic E-state index is -0.273. The Bertz CT molecular complexity index is 453. The zero-order chi connectivity index (χ0) is 13.9. The van der Waals surface area contributed by atoms with Gasteiger partial charge in [-0.05, 0) is 32.0 Å². The molecule has 0 aliphatic carbocycles. The summed E-state index contributed by atoms with van der Waals surface area (Å²) in [5.41, 5.74) is 0.514. The van der Waals surface area contributed by atoms with E-state index >= 15 is 0 Å². The molecule has 1 heterocycles. The first kappa shape index (κ1) is 13.9. The molecule has 0 aromatic heterocycles. The maximum Gasteiger partial charge on any atom is 0.228 e. The Morgan fingerprint density at radius 1 is 1.37 bits per heavy atom. The number of para-hydroxylation sites is 1. The lowest BCUT2D eigenvalue weighted by atomic mass is 9.79. The SMILES string of the molecule is CN(Cc1ccccc1O)C(=O)C1(C)CCNCC1. The van der Waals surface area contributed by atoms with E-state index < -0.39 is 0 Å². The highest BCUT2D eigenvalue weighted by molar-refractivity contribution is 5.82. The van der Waals surface area contributed by atoms with E-state index in [2.05, 4.69) is 5.32 Å². The molecule has 1 saturated heterocycles. The van der Waals surface area contributed by atoms with Crippen molar-refractivity contribution in [2.24, 2.45) is 5.41 Å². The van der Waals surface area contributed by atoms with Gasteiger partial charge in [0.2, 0.25) is 5.91 Å². The molecular formula is C15H22N2O2. The Labute approximate surface area is 114 Å². The number of rotatable bonds is 3. The third-order valence-electron chi connectivity index (χ3n) is 3.97. The second kappa shape index (κ2) is 5.61. The lowest BCUT2D eigenvalue weighted by molar-refractivity contribution is -0.141. The van der Waals surface area contributed by atoms with Gasteiger partial charge in [0.1, 0.15) is 5.75 Å². The molecule has 4 nitrogen and oxygen atoms in total. The van der Waals surface area contributed by atoms with Crippen LogP contribution in [-0.2, 0) is 11.3 Å². The summed E-state index contributed by atoms with van der Waals surface area (Å²) in [6.07, 6.45) is 1.74. The standard InChI is InChI=1S/C15H22N2O2/c1-15(7-9-16-10-8-15)14(19)17(2)11-12-5-3-4-6-13(12)18/h3-6,16,18H,7-11H2,1-2H3. The van der Waals surface area contributed by atoms with Crippen molar-refractivity contribution in [3.05, 3.63) is 29.8 Å². The van der Waals surface area contributed by atoms with Crippen LogP contribution in [0.4, 0.5) is 0 Å². The number of benzene rings is 1. The Kier molecular flexibility index (Phi) is 4.10. The number of amides is 1. The van der Waals surface area contributed by atoms with Crippen LogP contribution in [0, 0.1) is 5.41 Å². The minimum Gasteiger partial charge on any atom is -0.508 e. The maximum absolute atomic E-state index is 12.6. The van der Waals surface area contributed by atoms with Crippen molar-refractivity contribution in [3.8, 4) is 5.75 Å². The van der Waals surface area contributed by atoms with Gasteiger partial charge in [0.15, 0.2) is 0 Å². The number of nitrogens with zero attached hydrogens (tertiary/aromatic N) is 1. The number of phenolic OH excluding ortho intramolecular Hbond substituents is 1. The van der Waals surface area contributed by atoms with Gasteiger partial charge >= 0.3 is 0 Å². The lowest BCUT2D eigenvalue weighted by Gasteiger charge is -2.36. The van der Waals surface area contributed by atoms with Crippen molar-refractivity contribution in [1.29, 1.82) is 0 Å². The summed E-state index contributed by atoms with van der Waals surface area (Å²) in [6, 6.07) is 7.16. The van der Waals surface area contributed by atoms with Crippen LogP contribution >= 0.6 is 0 Å². The van der Waals surface area contributed by atoms with Crippen LogP contribution < -0.4 is 5.32 Å². The van der Waals surface area contributed by atoms with E-state index in [0.29, 0.717) is 6.54 Å². The highest BCUT2D eigenvalue weighted by atomic mass is 16.3. The lowest BCUT2D eigenvalue weighted by Crippen LogP contribution is -2.46. The average molecular weight is 262 g/mol. The monoisotopic (exact) mass is 262 g/mol. The summed E-state index contributed by atoms with van der Waals surface area (Å²) in [5.74, 6) is 0.412. The quantitative estimate of drug-likeness (QED) is 0.872. The first-order chi connectivity index (χ1) is 9.03. The number of nitrogens with one attached hydrogen (secondary N) is 1. The van der Waals surface area contributed by atoms with Crippen LogP contribution in [0.5, 0.6) is 5.75 Å². The molecule has 0 atom stereocenters. The third-order valence-corrected chi connectivity index (χ3v) is 3.97. The van der Waals surface area contributed by atoms with E-state index in [4.69, 9.17) is 0 Å². The van der Waals surface area contributed by atoms with E-state index in [1.807, 2.05) is 26.1 Å². The first-order valence-corrected chi connectivity index (χ1v) is 6.76. The van der Waals surface area contributed by atoms with E-state index in [1.54, 1.807) is 17.0 Å². The van der Waals surface area contributed by atoms with E-state index in [1.165, 1.54) is 0 Å². The molecular weight excluding hydrogens is 240 g/mol. The molecule has 0 radical (unpaired) electrons.